The van der Waals surface area contributed by atoms with Crippen molar-refractivity contribution < 1.29 is 47.7 Å². The van der Waals surface area contributed by atoms with E-state index < -0.39 is 83.3 Å². The van der Waals surface area contributed by atoms with Gasteiger partial charge >= 0.3 is 18.0 Å². The molecular weight excluding hydrogens is 712 g/mol. The molecule has 2 aliphatic heterocycles. The summed E-state index contributed by atoms with van der Waals surface area (Å²) in [4.78, 5) is 92.5. The predicted octanol–water partition coefficient (Wildman–Crippen LogP) is 3.95. The fourth-order valence-electron chi connectivity index (χ4n) is 5.69. The normalized spacial score (nSPS) is 20.9. The second-order valence-corrected chi connectivity index (χ2v) is 17.5. The number of esters is 2. The van der Waals surface area contributed by atoms with E-state index in [1.807, 2.05) is 27.7 Å². The molecule has 55 heavy (non-hydrogen) atoms. The van der Waals surface area contributed by atoms with Gasteiger partial charge in [-0.05, 0) is 87.0 Å². The highest BCUT2D eigenvalue weighted by Gasteiger charge is 2.42. The van der Waals surface area contributed by atoms with Gasteiger partial charge in [-0.3, -0.25) is 34.1 Å². The van der Waals surface area contributed by atoms with Crippen molar-refractivity contribution in [1.29, 1.82) is 0 Å². The Morgan fingerprint density at radius 3 is 1.85 bits per heavy atom. The minimum absolute atomic E-state index is 0.0140. The number of hydrogen-bond donors (Lipinski definition) is 2. The van der Waals surface area contributed by atoms with Crippen LogP contribution in [0, 0.1) is 11.8 Å². The molecule has 2 aliphatic rings. The summed E-state index contributed by atoms with van der Waals surface area (Å²) in [5.41, 5.74) is -2.28. The van der Waals surface area contributed by atoms with E-state index in [0.29, 0.717) is 6.42 Å². The first-order chi connectivity index (χ1) is 25.2. The lowest BCUT2D eigenvalue weighted by molar-refractivity contribution is -0.158. The van der Waals surface area contributed by atoms with Crippen LogP contribution in [0.3, 0.4) is 0 Å². The zero-order valence-electron chi connectivity index (χ0n) is 35.1. The Morgan fingerprint density at radius 2 is 1.36 bits per heavy atom. The number of carbonyl (C=O) groups excluding carboxylic acids is 6. The number of nitrogens with zero attached hydrogens (tertiary/aromatic N) is 4. The number of aliphatic imine (C=N–C) groups is 2. The molecule has 0 saturated carbocycles. The second-order valence-electron chi connectivity index (χ2n) is 17.5. The summed E-state index contributed by atoms with van der Waals surface area (Å²) in [6.07, 6.45) is 0.711. The molecule has 310 valence electrons. The second kappa shape index (κ2) is 19.5. The number of amides is 4. The zero-order valence-corrected chi connectivity index (χ0v) is 35.1. The van der Waals surface area contributed by atoms with Crippen LogP contribution in [0.15, 0.2) is 22.6 Å². The van der Waals surface area contributed by atoms with Crippen molar-refractivity contribution in [1.82, 2.24) is 20.4 Å². The molecule has 0 aliphatic carbocycles. The largest absolute Gasteiger partial charge is 0.460 e. The highest BCUT2D eigenvalue weighted by atomic mass is 16.6. The summed E-state index contributed by atoms with van der Waals surface area (Å²) in [5.74, 6) is -3.07. The van der Waals surface area contributed by atoms with Gasteiger partial charge in [0.1, 0.15) is 42.6 Å². The molecule has 0 aromatic rings. The molecule has 0 unspecified atom stereocenters. The quantitative estimate of drug-likeness (QED) is 0.148. The summed E-state index contributed by atoms with van der Waals surface area (Å²) in [6, 6.07) is -4.10. The van der Waals surface area contributed by atoms with Gasteiger partial charge in [-0.25, -0.2) is 9.59 Å². The number of rotatable bonds is 14. The average Bonchev–Trinajstić information content (AvgIpc) is 3.01. The van der Waals surface area contributed by atoms with Crippen LogP contribution < -0.4 is 10.6 Å². The van der Waals surface area contributed by atoms with E-state index in [2.05, 4.69) is 17.2 Å². The summed E-state index contributed by atoms with van der Waals surface area (Å²) >= 11 is 0. The zero-order chi connectivity index (χ0) is 42.1. The molecule has 2 N–H and O–H groups in total. The van der Waals surface area contributed by atoms with Crippen molar-refractivity contribution in [3.63, 3.8) is 0 Å². The summed E-state index contributed by atoms with van der Waals surface area (Å²) in [6.45, 7) is 25.8. The summed E-state index contributed by atoms with van der Waals surface area (Å²) in [7, 11) is 0. The van der Waals surface area contributed by atoms with Crippen molar-refractivity contribution in [2.75, 3.05) is 26.3 Å². The number of carbonyl (C=O) groups is 6. The molecule has 0 aromatic heterocycles. The van der Waals surface area contributed by atoms with Crippen molar-refractivity contribution in [2.24, 2.45) is 21.8 Å². The van der Waals surface area contributed by atoms with E-state index >= 15 is 0 Å². The van der Waals surface area contributed by atoms with Crippen LogP contribution in [-0.2, 0) is 42.9 Å². The first kappa shape index (κ1) is 46.8. The van der Waals surface area contributed by atoms with Gasteiger partial charge in [-0.2, -0.15) is 0 Å². The van der Waals surface area contributed by atoms with Crippen LogP contribution in [0.5, 0.6) is 0 Å². The summed E-state index contributed by atoms with van der Waals surface area (Å²) in [5, 5.41) is 5.51. The van der Waals surface area contributed by atoms with Gasteiger partial charge in [0.05, 0.1) is 24.3 Å². The van der Waals surface area contributed by atoms with Gasteiger partial charge in [0.2, 0.25) is 11.8 Å². The Bertz CT molecular complexity index is 1480. The topological polar surface area (TPSA) is 195 Å². The van der Waals surface area contributed by atoms with E-state index in [4.69, 9.17) is 28.9 Å². The monoisotopic (exact) mass is 776 g/mol. The number of hydrogen-bond acceptors (Lipinski definition) is 12. The third-order valence-corrected chi connectivity index (χ3v) is 7.94. The first-order valence-electron chi connectivity index (χ1n) is 18.9. The molecule has 2 saturated heterocycles. The van der Waals surface area contributed by atoms with Crippen LogP contribution in [0.25, 0.3) is 0 Å². The molecule has 16 nitrogen and oxygen atoms in total. The number of amidine groups is 2. The van der Waals surface area contributed by atoms with Crippen molar-refractivity contribution >= 4 is 47.4 Å². The number of piperazine rings is 2. The van der Waals surface area contributed by atoms with Crippen molar-refractivity contribution in [3.05, 3.63) is 12.7 Å². The third-order valence-electron chi connectivity index (χ3n) is 7.94. The van der Waals surface area contributed by atoms with Gasteiger partial charge in [0.25, 0.3) is 5.91 Å². The van der Waals surface area contributed by atoms with Crippen LogP contribution in [0.1, 0.15) is 109 Å². The van der Waals surface area contributed by atoms with Gasteiger partial charge in [0, 0.05) is 6.42 Å². The lowest BCUT2D eigenvalue weighted by atomic mass is 9.97. The van der Waals surface area contributed by atoms with Crippen molar-refractivity contribution in [3.8, 4) is 0 Å². The van der Waals surface area contributed by atoms with E-state index in [0.717, 1.165) is 4.90 Å². The van der Waals surface area contributed by atoms with Crippen LogP contribution in [-0.4, -0.2) is 124 Å². The Morgan fingerprint density at radius 1 is 0.818 bits per heavy atom. The van der Waals surface area contributed by atoms with Crippen LogP contribution in [0.2, 0.25) is 0 Å². The van der Waals surface area contributed by atoms with E-state index in [-0.39, 0.29) is 56.1 Å². The smallest absolute Gasteiger partial charge is 0.411 e. The molecular formula is C39H64N6O10. The molecule has 4 atom stereocenters. The average molecular weight is 777 g/mol. The van der Waals surface area contributed by atoms with Crippen molar-refractivity contribution in [2.45, 2.75) is 150 Å². The third kappa shape index (κ3) is 15.7. The Balaban J connectivity index is 2.73. The SMILES string of the molecule is C=CCOC(=O)N1CC(=O)NC(=N[C@@H](COC(C)(C)C)C(=O)N2CC(=O)NC(=N[C@H](C(=O)OC(C)(C)C)C(C)C)[C@@H]2CC(C)C)[C@@H]1CCC(=O)OC(C)(C)C. The standard InChI is InChI=1S/C39H64N6O10/c1-15-18-52-36(51)45-21-29(47)41-32(26(45)16-17-30(48)54-38(9,10)11)40-25(22-53-37(6,7)8)34(49)44-20-28(46)42-33(27(44)19-23(2)3)43-31(24(4)5)35(50)55-39(12,13)14/h15,23-27,31H,1,16-22H2,2-14H3,(H,40,41,47)(H,42,43,46)/t25-,26-,27-,31-/m0/s1. The van der Waals surface area contributed by atoms with Gasteiger partial charge < -0.3 is 34.5 Å². The van der Waals surface area contributed by atoms with Gasteiger partial charge in [-0.1, -0.05) is 40.3 Å². The van der Waals surface area contributed by atoms with E-state index in [1.54, 1.807) is 62.3 Å². The lowest BCUT2D eigenvalue weighted by Crippen LogP contribution is -2.63. The number of ether oxygens (including phenoxy) is 4. The molecule has 0 spiro atoms. The minimum Gasteiger partial charge on any atom is -0.460 e. The summed E-state index contributed by atoms with van der Waals surface area (Å²) < 4.78 is 22.5. The minimum atomic E-state index is -1.34. The number of nitrogens with one attached hydrogen (secondary N) is 2. The molecule has 2 fully saturated rings. The highest BCUT2D eigenvalue weighted by Crippen LogP contribution is 2.24. The fourth-order valence-corrected chi connectivity index (χ4v) is 5.69. The Labute approximate surface area is 326 Å². The maximum Gasteiger partial charge on any atom is 0.411 e. The molecule has 2 rings (SSSR count). The van der Waals surface area contributed by atoms with E-state index in [1.165, 1.54) is 11.0 Å². The first-order valence-corrected chi connectivity index (χ1v) is 18.9. The Kier molecular flexibility index (Phi) is 16.6. The fraction of sp³-hybridized carbons (Fsp3) is 0.744. The molecule has 4 amide bonds. The molecule has 2 heterocycles. The molecule has 0 radical (unpaired) electrons. The van der Waals surface area contributed by atoms with Gasteiger partial charge in [0.15, 0.2) is 12.1 Å². The van der Waals surface area contributed by atoms with Crippen LogP contribution in [0.4, 0.5) is 4.79 Å². The lowest BCUT2D eigenvalue weighted by Gasteiger charge is -2.40. The highest BCUT2D eigenvalue weighted by molar-refractivity contribution is 6.09. The molecule has 0 aromatic carbocycles. The van der Waals surface area contributed by atoms with E-state index in [9.17, 15) is 28.8 Å². The Hall–Kier alpha value is -4.34. The maximum absolute atomic E-state index is 14.8. The molecule has 16 heteroatoms. The maximum atomic E-state index is 14.8. The van der Waals surface area contributed by atoms with Gasteiger partial charge in [-0.15, -0.1) is 0 Å². The molecule has 0 bridgehead atoms. The predicted molar refractivity (Wildman–Crippen MR) is 207 cm³/mol. The van der Waals surface area contributed by atoms with Crippen LogP contribution >= 0.6 is 0 Å².